The first-order valence-electron chi connectivity index (χ1n) is 16.6. The second kappa shape index (κ2) is 11.9. The molecule has 6 heterocycles. The van der Waals surface area contributed by atoms with Crippen molar-refractivity contribution in [3.8, 4) is 35.4 Å². The highest BCUT2D eigenvalue weighted by Crippen LogP contribution is 2.42. The molecule has 0 amide bonds. The number of anilines is 1. The van der Waals surface area contributed by atoms with Gasteiger partial charge >= 0.3 is 6.01 Å². The lowest BCUT2D eigenvalue weighted by atomic mass is 9.95. The molecule has 2 unspecified atom stereocenters. The summed E-state index contributed by atoms with van der Waals surface area (Å²) in [6.07, 6.45) is 10.8. The first-order valence-corrected chi connectivity index (χ1v) is 18.5. The minimum atomic E-state index is -3.47. The molecule has 2 aromatic carbocycles. The standard InChI is InChI=1S/C35H36F3N7O4S/c1-3-24-27(37)6-5-20-11-23(46)12-25(28(20)24)30-29(38)31-26(14-39-30)32(44-16-22-7-9-34(18-44,43-22)17-40-50(2,47)48)42-33(41-31)49-19-35-8-4-10-45(35)15-21(36)13-35/h1,5-6,11-12,14,21-22,40,43,46H,4,7-10,13,15-19H2,2H3/t21-,22?,34?,35+/m1/s1. The Hall–Kier alpha value is -4.23. The average Bonchev–Trinajstić information content (AvgIpc) is 3.71. The molecular formula is C35H36F3N7O4S. The number of rotatable bonds is 8. The summed E-state index contributed by atoms with van der Waals surface area (Å²) in [4.78, 5) is 17.9. The van der Waals surface area contributed by atoms with Crippen LogP contribution in [-0.2, 0) is 10.0 Å². The molecule has 0 saturated carbocycles. The topological polar surface area (TPSA) is 133 Å². The Kier molecular flexibility index (Phi) is 7.86. The van der Waals surface area contributed by atoms with Crippen LogP contribution in [-0.4, -0.2) is 102 Å². The van der Waals surface area contributed by atoms with Gasteiger partial charge in [0.25, 0.3) is 0 Å². The summed E-state index contributed by atoms with van der Waals surface area (Å²) >= 11 is 0. The molecule has 0 spiro atoms. The van der Waals surface area contributed by atoms with Gasteiger partial charge in [-0.25, -0.2) is 26.3 Å². The molecule has 262 valence electrons. The van der Waals surface area contributed by atoms with Crippen molar-refractivity contribution in [2.75, 3.05) is 50.5 Å². The predicted octanol–water partition coefficient (Wildman–Crippen LogP) is 3.63. The summed E-state index contributed by atoms with van der Waals surface area (Å²) in [6, 6.07) is 5.24. The normalized spacial score (nSPS) is 26.5. The molecule has 4 fully saturated rings. The molecule has 3 N–H and O–H groups in total. The van der Waals surface area contributed by atoms with Crippen molar-refractivity contribution >= 4 is 37.5 Å². The van der Waals surface area contributed by atoms with Gasteiger partial charge in [0.05, 0.1) is 22.7 Å². The number of benzene rings is 2. The van der Waals surface area contributed by atoms with E-state index in [1.165, 1.54) is 30.5 Å². The maximum absolute atomic E-state index is 17.0. The molecule has 4 aliphatic heterocycles. The second-order valence-corrected chi connectivity index (χ2v) is 16.0. The molecule has 0 radical (unpaired) electrons. The molecule has 15 heteroatoms. The summed E-state index contributed by atoms with van der Waals surface area (Å²) in [7, 11) is -3.47. The Balaban J connectivity index is 1.26. The fourth-order valence-electron chi connectivity index (χ4n) is 8.53. The number of phenols is 1. The maximum atomic E-state index is 17.0. The number of sulfonamides is 1. The molecule has 11 nitrogen and oxygen atoms in total. The third-order valence-electron chi connectivity index (χ3n) is 10.7. The van der Waals surface area contributed by atoms with Crippen LogP contribution in [0.15, 0.2) is 30.5 Å². The van der Waals surface area contributed by atoms with Crippen LogP contribution in [0.1, 0.15) is 37.7 Å². The highest BCUT2D eigenvalue weighted by Gasteiger charge is 2.50. The number of hydrogen-bond donors (Lipinski definition) is 3. The van der Waals surface area contributed by atoms with Gasteiger partial charge in [0.1, 0.15) is 41.4 Å². The molecule has 4 saturated heterocycles. The maximum Gasteiger partial charge on any atom is 0.319 e. The van der Waals surface area contributed by atoms with Crippen LogP contribution in [0.2, 0.25) is 0 Å². The molecular weight excluding hydrogens is 671 g/mol. The number of aromatic nitrogens is 3. The van der Waals surface area contributed by atoms with E-state index in [4.69, 9.17) is 16.1 Å². The third-order valence-corrected chi connectivity index (χ3v) is 11.4. The largest absolute Gasteiger partial charge is 0.508 e. The zero-order valence-electron chi connectivity index (χ0n) is 27.3. The highest BCUT2D eigenvalue weighted by atomic mass is 32.2. The Labute approximate surface area is 287 Å². The van der Waals surface area contributed by atoms with E-state index >= 15 is 4.39 Å². The van der Waals surface area contributed by atoms with E-state index in [2.05, 4.69) is 30.8 Å². The van der Waals surface area contributed by atoms with Crippen LogP contribution in [0.4, 0.5) is 19.0 Å². The van der Waals surface area contributed by atoms with Crippen molar-refractivity contribution < 1.29 is 31.4 Å². The Morgan fingerprint density at radius 3 is 2.86 bits per heavy atom. The number of nitrogens with zero attached hydrogens (tertiary/aromatic N) is 5. The number of hydrogen-bond acceptors (Lipinski definition) is 10. The summed E-state index contributed by atoms with van der Waals surface area (Å²) < 4.78 is 79.4. The van der Waals surface area contributed by atoms with Gasteiger partial charge in [-0.3, -0.25) is 9.88 Å². The summed E-state index contributed by atoms with van der Waals surface area (Å²) in [5.74, 6) is 0.979. The van der Waals surface area contributed by atoms with Gasteiger partial charge in [-0.15, -0.1) is 6.42 Å². The van der Waals surface area contributed by atoms with Gasteiger partial charge in [-0.05, 0) is 55.8 Å². The van der Waals surface area contributed by atoms with Crippen molar-refractivity contribution in [1.29, 1.82) is 0 Å². The summed E-state index contributed by atoms with van der Waals surface area (Å²) in [5.41, 5.74) is -1.45. The molecule has 0 aliphatic carbocycles. The van der Waals surface area contributed by atoms with Crippen LogP contribution in [0.25, 0.3) is 32.9 Å². The number of piperazine rings is 1. The number of pyridine rings is 1. The van der Waals surface area contributed by atoms with E-state index in [1.54, 1.807) is 0 Å². The minimum absolute atomic E-state index is 0.0122. The lowest BCUT2D eigenvalue weighted by Crippen LogP contribution is -2.64. The van der Waals surface area contributed by atoms with Crippen molar-refractivity contribution in [3.63, 3.8) is 0 Å². The number of fused-ring (bicyclic) bond motifs is 5. The number of terminal acetylenes is 1. The van der Waals surface area contributed by atoms with Gasteiger partial charge < -0.3 is 20.1 Å². The fourth-order valence-corrected chi connectivity index (χ4v) is 9.07. The molecule has 2 bridgehead atoms. The molecule has 50 heavy (non-hydrogen) atoms. The van der Waals surface area contributed by atoms with Gasteiger partial charge in [0.15, 0.2) is 5.82 Å². The van der Waals surface area contributed by atoms with Gasteiger partial charge in [-0.2, -0.15) is 9.97 Å². The van der Waals surface area contributed by atoms with Crippen molar-refractivity contribution in [1.82, 2.24) is 29.9 Å². The van der Waals surface area contributed by atoms with Crippen LogP contribution in [0.5, 0.6) is 11.8 Å². The molecule has 4 atom stereocenters. The summed E-state index contributed by atoms with van der Waals surface area (Å²) in [5, 5.41) is 15.0. The fraction of sp³-hybridized carbons (Fsp3) is 0.457. The van der Waals surface area contributed by atoms with Crippen LogP contribution < -0.4 is 19.7 Å². The average molecular weight is 708 g/mol. The number of phenolic OH excluding ortho intramolecular Hbond substituents is 1. The number of halogens is 3. The monoisotopic (exact) mass is 707 g/mol. The van der Waals surface area contributed by atoms with E-state index in [-0.39, 0.29) is 64.1 Å². The summed E-state index contributed by atoms with van der Waals surface area (Å²) in [6.45, 7) is 2.22. The van der Waals surface area contributed by atoms with Crippen LogP contribution in [0, 0.1) is 24.0 Å². The van der Waals surface area contributed by atoms with Gasteiger partial charge in [0.2, 0.25) is 10.0 Å². The minimum Gasteiger partial charge on any atom is -0.508 e. The lowest BCUT2D eigenvalue weighted by Gasteiger charge is -2.42. The molecule has 4 aromatic rings. The highest BCUT2D eigenvalue weighted by molar-refractivity contribution is 7.88. The van der Waals surface area contributed by atoms with E-state index in [1.807, 2.05) is 4.90 Å². The van der Waals surface area contributed by atoms with E-state index in [0.29, 0.717) is 43.7 Å². The van der Waals surface area contributed by atoms with E-state index in [0.717, 1.165) is 32.1 Å². The van der Waals surface area contributed by atoms with Crippen molar-refractivity contribution in [2.24, 2.45) is 0 Å². The second-order valence-electron chi connectivity index (χ2n) is 14.2. The van der Waals surface area contributed by atoms with E-state index in [9.17, 15) is 22.3 Å². The Bertz CT molecular complexity index is 2200. The van der Waals surface area contributed by atoms with Gasteiger partial charge in [-0.1, -0.05) is 12.0 Å². The Morgan fingerprint density at radius 1 is 1.22 bits per heavy atom. The van der Waals surface area contributed by atoms with Crippen LogP contribution in [0.3, 0.4) is 0 Å². The number of aromatic hydroxyl groups is 1. The number of nitrogens with one attached hydrogen (secondary N) is 2. The first-order chi connectivity index (χ1) is 23.9. The van der Waals surface area contributed by atoms with Crippen LogP contribution >= 0.6 is 0 Å². The zero-order valence-corrected chi connectivity index (χ0v) is 28.2. The van der Waals surface area contributed by atoms with Gasteiger partial charge in [0, 0.05) is 61.3 Å². The van der Waals surface area contributed by atoms with Crippen molar-refractivity contribution in [3.05, 3.63) is 47.7 Å². The quantitative estimate of drug-likeness (QED) is 0.234. The van der Waals surface area contributed by atoms with E-state index < -0.39 is 38.9 Å². The first kappa shape index (κ1) is 32.9. The smallest absolute Gasteiger partial charge is 0.319 e. The molecule has 2 aromatic heterocycles. The number of ether oxygens (including phenoxy) is 1. The zero-order chi connectivity index (χ0) is 35.0. The predicted molar refractivity (Wildman–Crippen MR) is 182 cm³/mol. The third kappa shape index (κ3) is 5.68. The SMILES string of the molecule is C#Cc1c(F)ccc2cc(O)cc(-c3ncc4c(N5CC6CCC(CNS(C)(=O)=O)(C5)N6)nc(OC[C@@]56CCCN5C[C@H](F)C6)nc4c3F)c12. The molecule has 8 rings (SSSR count). The number of alkyl halides is 1. The lowest BCUT2D eigenvalue weighted by molar-refractivity contribution is 0.107. The Morgan fingerprint density at radius 2 is 2.06 bits per heavy atom. The van der Waals surface area contributed by atoms with Crippen molar-refractivity contribution in [2.45, 2.75) is 55.4 Å². The molecule has 4 aliphatic rings.